The zero-order chi connectivity index (χ0) is 18.9. The summed E-state index contributed by atoms with van der Waals surface area (Å²) in [6.07, 6.45) is 6.58. The van der Waals surface area contributed by atoms with Gasteiger partial charge in [-0.1, -0.05) is 24.3 Å². The molecule has 0 atom stereocenters. The molecule has 0 aliphatic heterocycles. The second-order valence-corrected chi connectivity index (χ2v) is 6.19. The van der Waals surface area contributed by atoms with E-state index in [1.807, 2.05) is 30.7 Å². The van der Waals surface area contributed by atoms with Gasteiger partial charge in [-0.2, -0.15) is 0 Å². The number of methoxy groups -OCH3 is 1. The number of hydrogen-bond acceptors (Lipinski definition) is 4. The van der Waals surface area contributed by atoms with E-state index in [-0.39, 0.29) is 18.2 Å². The predicted octanol–water partition coefficient (Wildman–Crippen LogP) is 4.21. The fraction of sp³-hybridized carbons (Fsp3) is 0.286. The molecule has 1 heterocycles. The fourth-order valence-corrected chi connectivity index (χ4v) is 2.79. The summed E-state index contributed by atoms with van der Waals surface area (Å²) in [4.78, 5) is 4.04. The van der Waals surface area contributed by atoms with E-state index in [1.165, 1.54) is 12.1 Å². The molecule has 0 aliphatic carbocycles. The van der Waals surface area contributed by atoms with Gasteiger partial charge in [0.15, 0.2) is 11.5 Å². The molecule has 0 unspecified atom stereocenters. The standard InChI is InChI=1S/C21H24FN3O2.ClH/c1-26-20-5-2-4-18(14-23-10-3-12-25-13-11-24-16-25)21(20)27-15-17-6-8-19(22)9-7-17;/h2,4-9,11,13,16,23H,3,10,12,14-15H2,1H3;1H. The van der Waals surface area contributed by atoms with Crippen LogP contribution in [0.1, 0.15) is 17.5 Å². The highest BCUT2D eigenvalue weighted by atomic mass is 35.5. The molecular weight excluding hydrogens is 381 g/mol. The molecule has 3 rings (SSSR count). The second-order valence-electron chi connectivity index (χ2n) is 6.19. The largest absolute Gasteiger partial charge is 0.493 e. The van der Waals surface area contributed by atoms with Crippen LogP contribution in [0.15, 0.2) is 61.2 Å². The first-order chi connectivity index (χ1) is 13.3. The molecule has 0 amide bonds. The van der Waals surface area contributed by atoms with Crippen LogP contribution in [-0.4, -0.2) is 23.2 Å². The van der Waals surface area contributed by atoms with Crippen LogP contribution in [0.2, 0.25) is 0 Å². The summed E-state index contributed by atoms with van der Waals surface area (Å²) in [6.45, 7) is 2.85. The normalized spacial score (nSPS) is 10.4. The van der Waals surface area contributed by atoms with E-state index in [2.05, 4.69) is 14.9 Å². The van der Waals surface area contributed by atoms with Crippen molar-refractivity contribution in [2.75, 3.05) is 13.7 Å². The van der Waals surface area contributed by atoms with Crippen molar-refractivity contribution in [3.63, 3.8) is 0 Å². The van der Waals surface area contributed by atoms with Gasteiger partial charge in [0, 0.05) is 31.0 Å². The zero-order valence-electron chi connectivity index (χ0n) is 15.8. The van der Waals surface area contributed by atoms with Crippen LogP contribution in [0.4, 0.5) is 4.39 Å². The molecule has 0 radical (unpaired) electrons. The summed E-state index contributed by atoms with van der Waals surface area (Å²) in [5.41, 5.74) is 1.93. The molecule has 3 aromatic rings. The highest BCUT2D eigenvalue weighted by Gasteiger charge is 2.11. The number of aryl methyl sites for hydroxylation is 1. The number of hydrogen-bond donors (Lipinski definition) is 1. The highest BCUT2D eigenvalue weighted by Crippen LogP contribution is 2.31. The number of benzene rings is 2. The molecule has 2 aromatic carbocycles. The van der Waals surface area contributed by atoms with Gasteiger partial charge in [-0.3, -0.25) is 0 Å². The SMILES string of the molecule is COc1cccc(CNCCCn2ccnc2)c1OCc1ccc(F)cc1.Cl. The van der Waals surface area contributed by atoms with Crippen molar-refractivity contribution in [2.24, 2.45) is 0 Å². The second kappa shape index (κ2) is 11.3. The third kappa shape index (κ3) is 6.25. The summed E-state index contributed by atoms with van der Waals surface area (Å²) in [5, 5.41) is 3.44. The smallest absolute Gasteiger partial charge is 0.166 e. The van der Waals surface area contributed by atoms with Crippen molar-refractivity contribution < 1.29 is 13.9 Å². The van der Waals surface area contributed by atoms with E-state index < -0.39 is 0 Å². The van der Waals surface area contributed by atoms with Crippen LogP contribution >= 0.6 is 12.4 Å². The van der Waals surface area contributed by atoms with Gasteiger partial charge in [-0.05, 0) is 36.7 Å². The van der Waals surface area contributed by atoms with E-state index >= 15 is 0 Å². The number of rotatable bonds is 10. The van der Waals surface area contributed by atoms with Crippen molar-refractivity contribution in [1.29, 1.82) is 0 Å². The molecule has 0 spiro atoms. The summed E-state index contributed by atoms with van der Waals surface area (Å²) >= 11 is 0. The maximum absolute atomic E-state index is 13.1. The molecule has 5 nitrogen and oxygen atoms in total. The quantitative estimate of drug-likeness (QED) is 0.513. The lowest BCUT2D eigenvalue weighted by Gasteiger charge is -2.16. The first kappa shape index (κ1) is 21.7. The van der Waals surface area contributed by atoms with Crippen LogP contribution in [0.25, 0.3) is 0 Å². The van der Waals surface area contributed by atoms with E-state index in [9.17, 15) is 4.39 Å². The van der Waals surface area contributed by atoms with Gasteiger partial charge >= 0.3 is 0 Å². The number of nitrogens with one attached hydrogen (secondary N) is 1. The molecule has 150 valence electrons. The monoisotopic (exact) mass is 405 g/mol. The first-order valence-electron chi connectivity index (χ1n) is 8.96. The third-order valence-electron chi connectivity index (χ3n) is 4.22. The Labute approximate surface area is 170 Å². The third-order valence-corrected chi connectivity index (χ3v) is 4.22. The Morgan fingerprint density at radius 3 is 2.68 bits per heavy atom. The molecular formula is C21H25ClFN3O2. The Balaban J connectivity index is 0.00000280. The van der Waals surface area contributed by atoms with E-state index in [4.69, 9.17) is 9.47 Å². The van der Waals surface area contributed by atoms with E-state index in [1.54, 1.807) is 25.4 Å². The molecule has 0 bridgehead atoms. The maximum atomic E-state index is 13.1. The number of nitrogens with zero attached hydrogens (tertiary/aromatic N) is 2. The lowest BCUT2D eigenvalue weighted by molar-refractivity contribution is 0.280. The van der Waals surface area contributed by atoms with Gasteiger partial charge in [0.05, 0.1) is 13.4 Å². The van der Waals surface area contributed by atoms with Gasteiger partial charge in [-0.15, -0.1) is 12.4 Å². The van der Waals surface area contributed by atoms with Gasteiger partial charge in [0.2, 0.25) is 0 Å². The molecule has 0 aliphatic rings. The highest BCUT2D eigenvalue weighted by molar-refractivity contribution is 5.85. The van der Waals surface area contributed by atoms with Crippen LogP contribution in [0, 0.1) is 5.82 Å². The van der Waals surface area contributed by atoms with Gasteiger partial charge in [0.1, 0.15) is 12.4 Å². The minimum atomic E-state index is -0.253. The van der Waals surface area contributed by atoms with Crippen molar-refractivity contribution in [3.05, 3.63) is 78.1 Å². The first-order valence-corrected chi connectivity index (χ1v) is 8.96. The molecule has 0 fully saturated rings. The van der Waals surface area contributed by atoms with Gasteiger partial charge < -0.3 is 19.4 Å². The average Bonchev–Trinajstić information content (AvgIpc) is 3.21. The van der Waals surface area contributed by atoms with Gasteiger partial charge in [0.25, 0.3) is 0 Å². The summed E-state index contributed by atoms with van der Waals surface area (Å²) in [6, 6.07) is 12.2. The Morgan fingerprint density at radius 1 is 1.14 bits per heavy atom. The number of halogens is 2. The Hall–Kier alpha value is -2.57. The van der Waals surface area contributed by atoms with Crippen molar-refractivity contribution in [1.82, 2.24) is 14.9 Å². The van der Waals surface area contributed by atoms with E-state index in [0.29, 0.717) is 24.7 Å². The molecule has 0 saturated carbocycles. The van der Waals surface area contributed by atoms with Crippen LogP contribution in [0.5, 0.6) is 11.5 Å². The molecule has 7 heteroatoms. The van der Waals surface area contributed by atoms with Crippen molar-refractivity contribution in [2.45, 2.75) is 26.1 Å². The number of para-hydroxylation sites is 1. The molecule has 0 saturated heterocycles. The fourth-order valence-electron chi connectivity index (χ4n) is 2.79. The average molecular weight is 406 g/mol. The van der Waals surface area contributed by atoms with Crippen molar-refractivity contribution in [3.8, 4) is 11.5 Å². The molecule has 1 aromatic heterocycles. The molecule has 1 N–H and O–H groups in total. The Morgan fingerprint density at radius 2 is 1.96 bits per heavy atom. The van der Waals surface area contributed by atoms with Gasteiger partial charge in [-0.25, -0.2) is 9.37 Å². The van der Waals surface area contributed by atoms with E-state index in [0.717, 1.165) is 30.6 Å². The minimum absolute atomic E-state index is 0. The maximum Gasteiger partial charge on any atom is 0.166 e. The summed E-state index contributed by atoms with van der Waals surface area (Å²) in [7, 11) is 1.63. The topological polar surface area (TPSA) is 48.3 Å². The van der Waals surface area contributed by atoms with Crippen LogP contribution < -0.4 is 14.8 Å². The number of ether oxygens (including phenoxy) is 2. The minimum Gasteiger partial charge on any atom is -0.493 e. The summed E-state index contributed by atoms with van der Waals surface area (Å²) < 4.78 is 26.6. The predicted molar refractivity (Wildman–Crippen MR) is 110 cm³/mol. The van der Waals surface area contributed by atoms with Crippen LogP contribution in [0.3, 0.4) is 0 Å². The molecule has 28 heavy (non-hydrogen) atoms. The zero-order valence-corrected chi connectivity index (χ0v) is 16.6. The van der Waals surface area contributed by atoms with Crippen molar-refractivity contribution >= 4 is 12.4 Å². The number of aromatic nitrogens is 2. The lowest BCUT2D eigenvalue weighted by Crippen LogP contribution is -2.17. The summed E-state index contributed by atoms with van der Waals surface area (Å²) in [5.74, 6) is 1.15. The Kier molecular flexibility index (Phi) is 8.78. The number of imidazole rings is 1. The lowest BCUT2D eigenvalue weighted by atomic mass is 10.1. The van der Waals surface area contributed by atoms with Crippen LogP contribution in [-0.2, 0) is 19.7 Å². The Bertz CT molecular complexity index is 826.